The normalized spacial score (nSPS) is 14.5. The second-order valence-corrected chi connectivity index (χ2v) is 5.24. The molecule has 0 aliphatic carbocycles. The summed E-state index contributed by atoms with van der Waals surface area (Å²) < 4.78 is 33.1. The average molecular weight is 322 g/mol. The van der Waals surface area contributed by atoms with E-state index in [-0.39, 0.29) is 18.8 Å². The van der Waals surface area contributed by atoms with E-state index in [9.17, 15) is 8.78 Å². The lowest BCUT2D eigenvalue weighted by Crippen LogP contribution is -2.32. The zero-order chi connectivity index (χ0) is 13.6. The number of rotatable bonds is 7. The van der Waals surface area contributed by atoms with E-state index < -0.39 is 5.67 Å². The summed E-state index contributed by atoms with van der Waals surface area (Å²) in [7, 11) is 1.47. The summed E-state index contributed by atoms with van der Waals surface area (Å²) in [5, 5.41) is 0. The highest BCUT2D eigenvalue weighted by Crippen LogP contribution is 2.28. The number of hydrogen-bond acceptors (Lipinski definition) is 2. The maximum absolute atomic E-state index is 14.7. The highest BCUT2D eigenvalue weighted by Gasteiger charge is 2.30. The Hall–Kier alpha value is -0.520. The van der Waals surface area contributed by atoms with Gasteiger partial charge in [0.1, 0.15) is 11.5 Å². The first-order valence-electron chi connectivity index (χ1n) is 5.82. The number of benzene rings is 1. The van der Waals surface area contributed by atoms with Gasteiger partial charge in [-0.3, -0.25) is 0 Å². The van der Waals surface area contributed by atoms with Crippen molar-refractivity contribution in [3.05, 3.63) is 34.1 Å². The van der Waals surface area contributed by atoms with Gasteiger partial charge in [0.05, 0.1) is 6.61 Å². The van der Waals surface area contributed by atoms with Gasteiger partial charge < -0.3 is 10.5 Å². The van der Waals surface area contributed by atoms with Crippen LogP contribution >= 0.6 is 15.9 Å². The Labute approximate surface area is 115 Å². The van der Waals surface area contributed by atoms with Crippen molar-refractivity contribution in [1.29, 1.82) is 0 Å². The molecule has 0 radical (unpaired) electrons. The third-order valence-electron chi connectivity index (χ3n) is 2.75. The minimum atomic E-state index is -1.46. The van der Waals surface area contributed by atoms with Crippen molar-refractivity contribution in [1.82, 2.24) is 0 Å². The molecule has 2 nitrogen and oxygen atoms in total. The molecule has 1 unspecified atom stereocenters. The molecule has 0 bridgehead atoms. The summed E-state index contributed by atoms with van der Waals surface area (Å²) in [6.45, 7) is 0.455. The maximum Gasteiger partial charge on any atom is 0.138 e. The van der Waals surface area contributed by atoms with Crippen LogP contribution < -0.4 is 5.73 Å². The van der Waals surface area contributed by atoms with Crippen LogP contribution in [-0.2, 0) is 11.2 Å². The second kappa shape index (κ2) is 7.16. The van der Waals surface area contributed by atoms with Crippen LogP contribution in [0.1, 0.15) is 18.4 Å². The summed E-state index contributed by atoms with van der Waals surface area (Å²) in [6.07, 6.45) is 1.11. The van der Waals surface area contributed by atoms with Gasteiger partial charge in [-0.25, -0.2) is 8.78 Å². The first kappa shape index (κ1) is 15.5. The zero-order valence-electron chi connectivity index (χ0n) is 10.4. The first-order valence-corrected chi connectivity index (χ1v) is 6.62. The van der Waals surface area contributed by atoms with E-state index in [0.29, 0.717) is 23.9 Å². The second-order valence-electron chi connectivity index (χ2n) is 4.39. The van der Waals surface area contributed by atoms with E-state index in [1.807, 2.05) is 0 Å². The molecule has 1 rings (SSSR count). The van der Waals surface area contributed by atoms with Gasteiger partial charge in [-0.05, 0) is 37.1 Å². The highest BCUT2D eigenvalue weighted by atomic mass is 79.9. The van der Waals surface area contributed by atoms with Gasteiger partial charge in [0, 0.05) is 18.0 Å². The fourth-order valence-electron chi connectivity index (χ4n) is 1.90. The molecule has 1 aromatic rings. The predicted octanol–water partition coefficient (Wildman–Crippen LogP) is 3.22. The van der Waals surface area contributed by atoms with E-state index in [4.69, 9.17) is 10.5 Å². The molecule has 102 valence electrons. The van der Waals surface area contributed by atoms with Gasteiger partial charge in [0.2, 0.25) is 0 Å². The van der Waals surface area contributed by atoms with Crippen molar-refractivity contribution in [3.8, 4) is 0 Å². The third-order valence-corrected chi connectivity index (χ3v) is 3.49. The lowest BCUT2D eigenvalue weighted by Gasteiger charge is -2.25. The SMILES string of the molecule is COCC(F)(CCCN)Cc1ccc(F)cc1Br. The van der Waals surface area contributed by atoms with E-state index in [0.717, 1.165) is 5.56 Å². The standard InChI is InChI=1S/C13H18BrF2NO/c1-18-9-13(16,5-2-6-17)8-10-3-4-11(15)7-12(10)14/h3-4,7H,2,5-6,8-9,17H2,1H3. The van der Waals surface area contributed by atoms with Gasteiger partial charge in [0.15, 0.2) is 0 Å². The van der Waals surface area contributed by atoms with E-state index >= 15 is 0 Å². The largest absolute Gasteiger partial charge is 0.381 e. The molecule has 5 heteroatoms. The van der Waals surface area contributed by atoms with Gasteiger partial charge in [0.25, 0.3) is 0 Å². The van der Waals surface area contributed by atoms with Crippen LogP contribution in [0.2, 0.25) is 0 Å². The average Bonchev–Trinajstić information content (AvgIpc) is 2.31. The van der Waals surface area contributed by atoms with Crippen LogP contribution in [0.3, 0.4) is 0 Å². The van der Waals surface area contributed by atoms with Crippen LogP contribution in [0, 0.1) is 5.82 Å². The Morgan fingerprint density at radius 3 is 2.72 bits per heavy atom. The van der Waals surface area contributed by atoms with Crippen molar-refractivity contribution in [2.75, 3.05) is 20.3 Å². The number of nitrogens with two attached hydrogens (primary N) is 1. The molecule has 0 saturated heterocycles. The monoisotopic (exact) mass is 321 g/mol. The Morgan fingerprint density at radius 2 is 2.17 bits per heavy atom. The van der Waals surface area contributed by atoms with Crippen LogP contribution in [0.25, 0.3) is 0 Å². The molecule has 18 heavy (non-hydrogen) atoms. The quantitative estimate of drug-likeness (QED) is 0.836. The molecular weight excluding hydrogens is 304 g/mol. The van der Waals surface area contributed by atoms with Crippen molar-refractivity contribution in [2.45, 2.75) is 24.9 Å². The maximum atomic E-state index is 14.7. The Kier molecular flexibility index (Phi) is 6.18. The van der Waals surface area contributed by atoms with Crippen molar-refractivity contribution < 1.29 is 13.5 Å². The Bertz CT molecular complexity index is 389. The molecule has 0 aromatic heterocycles. The van der Waals surface area contributed by atoms with Crippen molar-refractivity contribution in [2.24, 2.45) is 5.73 Å². The molecule has 0 heterocycles. The van der Waals surface area contributed by atoms with Crippen LogP contribution in [0.15, 0.2) is 22.7 Å². The van der Waals surface area contributed by atoms with Crippen LogP contribution in [-0.4, -0.2) is 25.9 Å². The first-order chi connectivity index (χ1) is 8.50. The summed E-state index contributed by atoms with van der Waals surface area (Å²) in [5.74, 6) is -0.344. The van der Waals surface area contributed by atoms with Crippen LogP contribution in [0.5, 0.6) is 0 Å². The highest BCUT2D eigenvalue weighted by molar-refractivity contribution is 9.10. The van der Waals surface area contributed by atoms with E-state index in [1.165, 1.54) is 19.2 Å². The molecule has 0 spiro atoms. The predicted molar refractivity (Wildman–Crippen MR) is 71.8 cm³/mol. The van der Waals surface area contributed by atoms with Crippen LogP contribution in [0.4, 0.5) is 8.78 Å². The smallest absolute Gasteiger partial charge is 0.138 e. The van der Waals surface area contributed by atoms with Gasteiger partial charge in [-0.1, -0.05) is 22.0 Å². The van der Waals surface area contributed by atoms with Gasteiger partial charge in [-0.2, -0.15) is 0 Å². The lowest BCUT2D eigenvalue weighted by atomic mass is 9.92. The van der Waals surface area contributed by atoms with Crippen molar-refractivity contribution >= 4 is 15.9 Å². The number of ether oxygens (including phenoxy) is 1. The molecular formula is C13H18BrF2NO. The fraction of sp³-hybridized carbons (Fsp3) is 0.538. The summed E-state index contributed by atoms with van der Waals surface area (Å²) in [6, 6.07) is 4.26. The zero-order valence-corrected chi connectivity index (χ0v) is 12.0. The topological polar surface area (TPSA) is 35.2 Å². The summed E-state index contributed by atoms with van der Waals surface area (Å²) >= 11 is 3.25. The summed E-state index contributed by atoms with van der Waals surface area (Å²) in [4.78, 5) is 0. The minimum absolute atomic E-state index is 0.0107. The third kappa shape index (κ3) is 4.63. The van der Waals surface area contributed by atoms with Gasteiger partial charge >= 0.3 is 0 Å². The molecule has 0 aliphatic rings. The molecule has 1 atom stereocenters. The molecule has 0 amide bonds. The number of hydrogen-bond donors (Lipinski definition) is 1. The molecule has 0 aliphatic heterocycles. The number of methoxy groups -OCH3 is 1. The van der Waals surface area contributed by atoms with Gasteiger partial charge in [-0.15, -0.1) is 0 Å². The fourth-order valence-corrected chi connectivity index (χ4v) is 2.39. The minimum Gasteiger partial charge on any atom is -0.381 e. The van der Waals surface area contributed by atoms with E-state index in [1.54, 1.807) is 6.07 Å². The lowest BCUT2D eigenvalue weighted by molar-refractivity contribution is 0.0333. The Morgan fingerprint density at radius 1 is 1.44 bits per heavy atom. The summed E-state index contributed by atoms with van der Waals surface area (Å²) in [5.41, 5.74) is 4.67. The Balaban J connectivity index is 2.81. The molecule has 0 fully saturated rings. The van der Waals surface area contributed by atoms with Crippen molar-refractivity contribution in [3.63, 3.8) is 0 Å². The number of alkyl halides is 1. The van der Waals surface area contributed by atoms with E-state index in [2.05, 4.69) is 15.9 Å². The molecule has 0 saturated carbocycles. The molecule has 1 aromatic carbocycles. The molecule has 2 N–H and O–H groups in total. The number of halogens is 3.